The summed E-state index contributed by atoms with van der Waals surface area (Å²) in [6.07, 6.45) is 0. The molecule has 0 heterocycles. The van der Waals surface area contributed by atoms with E-state index < -0.39 is 12.6 Å². The van der Waals surface area contributed by atoms with Gasteiger partial charge >= 0.3 is 5.97 Å². The molecule has 26 heavy (non-hydrogen) atoms. The SMILES string of the molecule is CC(CSc1ccc(F)cc1)C(=O)NCc1cccc(OCC(=O)O)c1. The Hall–Kier alpha value is -2.54. The highest BCUT2D eigenvalue weighted by Crippen LogP contribution is 2.21. The Morgan fingerprint density at radius 3 is 2.65 bits per heavy atom. The van der Waals surface area contributed by atoms with Gasteiger partial charge in [-0.1, -0.05) is 19.1 Å². The van der Waals surface area contributed by atoms with E-state index in [4.69, 9.17) is 9.84 Å². The normalized spacial score (nSPS) is 11.6. The molecule has 1 unspecified atom stereocenters. The molecule has 0 aliphatic heterocycles. The van der Waals surface area contributed by atoms with Crippen molar-refractivity contribution in [3.63, 3.8) is 0 Å². The first-order chi connectivity index (χ1) is 12.4. The molecule has 0 bridgehead atoms. The van der Waals surface area contributed by atoms with Crippen molar-refractivity contribution in [3.05, 3.63) is 59.9 Å². The van der Waals surface area contributed by atoms with Crippen LogP contribution in [0.25, 0.3) is 0 Å². The van der Waals surface area contributed by atoms with Crippen LogP contribution in [0.4, 0.5) is 4.39 Å². The van der Waals surface area contributed by atoms with Crippen molar-refractivity contribution < 1.29 is 23.8 Å². The highest BCUT2D eigenvalue weighted by molar-refractivity contribution is 7.99. The zero-order valence-corrected chi connectivity index (χ0v) is 15.1. The molecule has 2 rings (SSSR count). The largest absolute Gasteiger partial charge is 0.482 e. The number of rotatable bonds is 9. The number of halogens is 1. The maximum absolute atomic E-state index is 12.9. The van der Waals surface area contributed by atoms with Crippen LogP contribution in [-0.4, -0.2) is 29.3 Å². The van der Waals surface area contributed by atoms with E-state index in [0.29, 0.717) is 18.0 Å². The predicted molar refractivity (Wildman–Crippen MR) is 97.7 cm³/mol. The summed E-state index contributed by atoms with van der Waals surface area (Å²) in [5, 5.41) is 11.5. The number of nitrogens with one attached hydrogen (secondary N) is 1. The first kappa shape index (κ1) is 19.8. The van der Waals surface area contributed by atoms with Crippen molar-refractivity contribution in [3.8, 4) is 5.75 Å². The first-order valence-corrected chi connectivity index (χ1v) is 9.02. The smallest absolute Gasteiger partial charge is 0.341 e. The lowest BCUT2D eigenvalue weighted by Crippen LogP contribution is -2.29. The van der Waals surface area contributed by atoms with Gasteiger partial charge in [-0.15, -0.1) is 11.8 Å². The van der Waals surface area contributed by atoms with Crippen LogP contribution in [0.1, 0.15) is 12.5 Å². The number of carbonyl (C=O) groups is 2. The number of hydrogen-bond acceptors (Lipinski definition) is 4. The summed E-state index contributed by atoms with van der Waals surface area (Å²) in [5.74, 6) is -0.600. The van der Waals surface area contributed by atoms with Gasteiger partial charge in [-0.25, -0.2) is 9.18 Å². The van der Waals surface area contributed by atoms with Crippen molar-refractivity contribution in [2.45, 2.75) is 18.4 Å². The van der Waals surface area contributed by atoms with E-state index in [2.05, 4.69) is 5.32 Å². The summed E-state index contributed by atoms with van der Waals surface area (Å²) < 4.78 is 18.0. The number of ether oxygens (including phenoxy) is 1. The number of carboxylic acid groups (broad SMARTS) is 1. The average molecular weight is 377 g/mol. The second kappa shape index (κ2) is 9.82. The second-order valence-corrected chi connectivity index (χ2v) is 6.81. The maximum atomic E-state index is 12.9. The van der Waals surface area contributed by atoms with Crippen molar-refractivity contribution in [1.29, 1.82) is 0 Å². The highest BCUT2D eigenvalue weighted by Gasteiger charge is 2.13. The Morgan fingerprint density at radius 1 is 1.23 bits per heavy atom. The number of thioether (sulfide) groups is 1. The summed E-state index contributed by atoms with van der Waals surface area (Å²) in [6.45, 7) is 1.75. The Bertz CT molecular complexity index is 751. The molecule has 0 aliphatic rings. The third kappa shape index (κ3) is 6.76. The molecule has 0 aromatic heterocycles. The molecule has 7 heteroatoms. The zero-order chi connectivity index (χ0) is 18.9. The van der Waals surface area contributed by atoms with Crippen LogP contribution in [0, 0.1) is 11.7 Å². The molecule has 1 atom stereocenters. The van der Waals surface area contributed by atoms with Crippen LogP contribution in [0.15, 0.2) is 53.4 Å². The Kier molecular flexibility index (Phi) is 7.47. The van der Waals surface area contributed by atoms with E-state index in [1.165, 1.54) is 23.9 Å². The Balaban J connectivity index is 1.79. The fourth-order valence-electron chi connectivity index (χ4n) is 2.08. The van der Waals surface area contributed by atoms with Crippen LogP contribution in [-0.2, 0) is 16.1 Å². The zero-order valence-electron chi connectivity index (χ0n) is 14.3. The minimum atomic E-state index is -1.05. The van der Waals surface area contributed by atoms with Gasteiger partial charge in [0.1, 0.15) is 11.6 Å². The number of amides is 1. The fraction of sp³-hybridized carbons (Fsp3) is 0.263. The van der Waals surface area contributed by atoms with Crippen LogP contribution in [0.5, 0.6) is 5.75 Å². The first-order valence-electron chi connectivity index (χ1n) is 8.03. The van der Waals surface area contributed by atoms with E-state index in [1.54, 1.807) is 30.3 Å². The molecular formula is C19H20FNO4S. The number of hydrogen-bond donors (Lipinski definition) is 2. The third-order valence-electron chi connectivity index (χ3n) is 3.49. The van der Waals surface area contributed by atoms with Gasteiger partial charge in [-0.05, 0) is 42.0 Å². The van der Waals surface area contributed by atoms with Gasteiger partial charge in [0, 0.05) is 23.1 Å². The van der Waals surface area contributed by atoms with Gasteiger partial charge in [0.15, 0.2) is 6.61 Å². The quantitative estimate of drug-likeness (QED) is 0.656. The molecule has 0 fully saturated rings. The molecular weight excluding hydrogens is 357 g/mol. The third-order valence-corrected chi connectivity index (χ3v) is 4.76. The Labute approximate surface area is 155 Å². The number of carboxylic acids is 1. The van der Waals surface area contributed by atoms with Crippen LogP contribution >= 0.6 is 11.8 Å². The second-order valence-electron chi connectivity index (χ2n) is 5.71. The molecule has 0 radical (unpaired) electrons. The van der Waals surface area contributed by atoms with E-state index >= 15 is 0 Å². The molecule has 2 N–H and O–H groups in total. The molecule has 138 valence electrons. The van der Waals surface area contributed by atoms with Crippen molar-refractivity contribution in [2.75, 3.05) is 12.4 Å². The standard InChI is InChI=1S/C19H20FNO4S/c1-13(12-26-17-7-5-15(20)6-8-17)19(24)21-10-14-3-2-4-16(9-14)25-11-18(22)23/h2-9,13H,10-12H2,1H3,(H,21,24)(H,22,23). The van der Waals surface area contributed by atoms with Crippen LogP contribution in [0.2, 0.25) is 0 Å². The topological polar surface area (TPSA) is 75.6 Å². The van der Waals surface area contributed by atoms with Gasteiger partial charge in [0.25, 0.3) is 0 Å². The molecule has 0 aliphatic carbocycles. The minimum Gasteiger partial charge on any atom is -0.482 e. The van der Waals surface area contributed by atoms with E-state index in [9.17, 15) is 14.0 Å². The van der Waals surface area contributed by atoms with Crippen LogP contribution in [0.3, 0.4) is 0 Å². The van der Waals surface area contributed by atoms with Gasteiger partial charge in [0.2, 0.25) is 5.91 Å². The molecule has 2 aromatic rings. The summed E-state index contributed by atoms with van der Waals surface area (Å²) in [4.78, 5) is 23.6. The highest BCUT2D eigenvalue weighted by atomic mass is 32.2. The van der Waals surface area contributed by atoms with Crippen molar-refractivity contribution in [2.24, 2.45) is 5.92 Å². The van der Waals surface area contributed by atoms with E-state index in [0.717, 1.165) is 10.5 Å². The van der Waals surface area contributed by atoms with E-state index in [-0.39, 0.29) is 17.6 Å². The minimum absolute atomic E-state index is 0.0866. The molecule has 5 nitrogen and oxygen atoms in total. The number of benzene rings is 2. The molecule has 0 spiro atoms. The van der Waals surface area contributed by atoms with Gasteiger partial charge in [-0.2, -0.15) is 0 Å². The lowest BCUT2D eigenvalue weighted by atomic mass is 10.2. The monoisotopic (exact) mass is 377 g/mol. The summed E-state index contributed by atoms with van der Waals surface area (Å²) in [7, 11) is 0. The average Bonchev–Trinajstić information content (AvgIpc) is 2.64. The van der Waals surface area contributed by atoms with Crippen molar-refractivity contribution >= 4 is 23.6 Å². The summed E-state index contributed by atoms with van der Waals surface area (Å²) in [5.41, 5.74) is 0.819. The summed E-state index contributed by atoms with van der Waals surface area (Å²) in [6, 6.07) is 13.1. The molecule has 0 saturated heterocycles. The predicted octanol–water partition coefficient (Wildman–Crippen LogP) is 3.33. The lowest BCUT2D eigenvalue weighted by molar-refractivity contribution is -0.139. The van der Waals surface area contributed by atoms with Crippen molar-refractivity contribution in [1.82, 2.24) is 5.32 Å². The lowest BCUT2D eigenvalue weighted by Gasteiger charge is -2.12. The fourth-order valence-corrected chi connectivity index (χ4v) is 3.00. The van der Waals surface area contributed by atoms with Crippen LogP contribution < -0.4 is 10.1 Å². The Morgan fingerprint density at radius 2 is 1.96 bits per heavy atom. The molecule has 0 saturated carbocycles. The van der Waals surface area contributed by atoms with Gasteiger partial charge in [0.05, 0.1) is 0 Å². The molecule has 1 amide bonds. The number of carbonyl (C=O) groups excluding carboxylic acids is 1. The van der Waals surface area contributed by atoms with Gasteiger partial charge < -0.3 is 15.2 Å². The van der Waals surface area contributed by atoms with E-state index in [1.807, 2.05) is 13.0 Å². The maximum Gasteiger partial charge on any atom is 0.341 e. The number of aliphatic carboxylic acids is 1. The molecule has 2 aromatic carbocycles. The van der Waals surface area contributed by atoms with Gasteiger partial charge in [-0.3, -0.25) is 4.79 Å². The summed E-state index contributed by atoms with van der Waals surface area (Å²) >= 11 is 1.50.